The number of fused-ring (bicyclic) bond motifs is 1. The van der Waals surface area contributed by atoms with Crippen LogP contribution < -0.4 is 0 Å². The molecule has 1 aromatic rings. The van der Waals surface area contributed by atoms with Crippen molar-refractivity contribution in [3.8, 4) is 0 Å². The lowest BCUT2D eigenvalue weighted by Crippen LogP contribution is -2.19. The number of rotatable bonds is 2. The molecule has 1 aromatic heterocycles. The minimum atomic E-state index is 0.110. The van der Waals surface area contributed by atoms with Crippen molar-refractivity contribution >= 4 is 5.78 Å². The third kappa shape index (κ3) is 1.57. The van der Waals surface area contributed by atoms with Gasteiger partial charge in [0.2, 0.25) is 0 Å². The fraction of sp³-hybridized carbons (Fsp3) is 0.571. The molecule has 0 spiro atoms. The molecule has 0 amide bonds. The molecule has 2 nitrogen and oxygen atoms in total. The van der Waals surface area contributed by atoms with Crippen molar-refractivity contribution in [1.29, 1.82) is 0 Å². The van der Waals surface area contributed by atoms with E-state index in [1.54, 1.807) is 0 Å². The van der Waals surface area contributed by atoms with Crippen LogP contribution in [0.25, 0.3) is 0 Å². The van der Waals surface area contributed by atoms with E-state index < -0.39 is 0 Å². The maximum absolute atomic E-state index is 12.4. The highest BCUT2D eigenvalue weighted by Gasteiger charge is 2.34. The summed E-state index contributed by atoms with van der Waals surface area (Å²) < 4.78 is 0. The topological polar surface area (TPSA) is 30.0 Å². The normalized spacial score (nSPS) is 24.6. The summed E-state index contributed by atoms with van der Waals surface area (Å²) in [7, 11) is 0. The molecule has 1 atom stereocenters. The lowest BCUT2D eigenvalue weighted by molar-refractivity contribution is -0.124. The zero-order chi connectivity index (χ0) is 11.0. The number of Topliss-reactive ketones (excluding diaryl/α,β-unsaturated/α-hetero) is 1. The van der Waals surface area contributed by atoms with Crippen LogP contribution in [0.3, 0.4) is 0 Å². The molecule has 1 unspecified atom stereocenters. The van der Waals surface area contributed by atoms with E-state index >= 15 is 0 Å². The predicted molar refractivity (Wildman–Crippen MR) is 62.3 cm³/mol. The number of carbonyl (C=O) groups is 1. The smallest absolute Gasteiger partial charge is 0.145 e. The zero-order valence-corrected chi connectivity index (χ0v) is 9.48. The van der Waals surface area contributed by atoms with Gasteiger partial charge >= 0.3 is 0 Å². The van der Waals surface area contributed by atoms with Gasteiger partial charge in [0.05, 0.1) is 11.6 Å². The van der Waals surface area contributed by atoms with Crippen molar-refractivity contribution in [2.24, 2.45) is 5.92 Å². The SMILES string of the molecule is O=C(C1CCCC1)C1CCc2cccnc21. The molecular weight excluding hydrogens is 198 g/mol. The van der Waals surface area contributed by atoms with Crippen molar-refractivity contribution in [3.05, 3.63) is 29.6 Å². The van der Waals surface area contributed by atoms with E-state index in [4.69, 9.17) is 0 Å². The molecule has 0 bridgehead atoms. The van der Waals surface area contributed by atoms with Crippen LogP contribution in [-0.2, 0) is 11.2 Å². The molecule has 16 heavy (non-hydrogen) atoms. The lowest BCUT2D eigenvalue weighted by Gasteiger charge is -2.14. The number of ketones is 1. The van der Waals surface area contributed by atoms with Gasteiger partial charge in [-0.1, -0.05) is 18.9 Å². The van der Waals surface area contributed by atoms with Crippen molar-refractivity contribution in [2.45, 2.75) is 44.4 Å². The fourth-order valence-electron chi connectivity index (χ4n) is 3.18. The highest BCUT2D eigenvalue weighted by atomic mass is 16.1. The number of aromatic nitrogens is 1. The van der Waals surface area contributed by atoms with E-state index in [9.17, 15) is 4.79 Å². The fourth-order valence-corrected chi connectivity index (χ4v) is 3.18. The molecule has 0 aliphatic heterocycles. The highest BCUT2D eigenvalue weighted by molar-refractivity contribution is 5.88. The summed E-state index contributed by atoms with van der Waals surface area (Å²) in [5.41, 5.74) is 2.36. The van der Waals surface area contributed by atoms with Gasteiger partial charge in [0.15, 0.2) is 0 Å². The Balaban J connectivity index is 1.84. The van der Waals surface area contributed by atoms with Crippen LogP contribution in [0.15, 0.2) is 18.3 Å². The monoisotopic (exact) mass is 215 g/mol. The van der Waals surface area contributed by atoms with Crippen LogP contribution in [0, 0.1) is 5.92 Å². The van der Waals surface area contributed by atoms with Gasteiger partial charge in [-0.3, -0.25) is 9.78 Å². The molecule has 1 heterocycles. The van der Waals surface area contributed by atoms with Gasteiger partial charge in [-0.05, 0) is 37.3 Å². The van der Waals surface area contributed by atoms with Crippen LogP contribution >= 0.6 is 0 Å². The lowest BCUT2D eigenvalue weighted by atomic mass is 9.90. The summed E-state index contributed by atoms with van der Waals surface area (Å²) in [6, 6.07) is 4.09. The van der Waals surface area contributed by atoms with Gasteiger partial charge in [-0.2, -0.15) is 0 Å². The molecule has 0 saturated heterocycles. The summed E-state index contributed by atoms with van der Waals surface area (Å²) in [4.78, 5) is 16.8. The summed E-state index contributed by atoms with van der Waals surface area (Å²) in [5.74, 6) is 0.909. The Hall–Kier alpha value is -1.18. The Kier molecular flexibility index (Phi) is 2.50. The molecule has 0 radical (unpaired) electrons. The number of pyridine rings is 1. The molecular formula is C14H17NO. The minimum absolute atomic E-state index is 0.110. The molecule has 0 N–H and O–H groups in total. The van der Waals surface area contributed by atoms with E-state index in [1.165, 1.54) is 18.4 Å². The largest absolute Gasteiger partial charge is 0.299 e. The maximum atomic E-state index is 12.4. The highest BCUT2D eigenvalue weighted by Crippen LogP contribution is 2.37. The molecule has 2 heteroatoms. The summed E-state index contributed by atoms with van der Waals surface area (Å²) in [6.07, 6.45) is 8.53. The van der Waals surface area contributed by atoms with Crippen molar-refractivity contribution in [1.82, 2.24) is 4.98 Å². The van der Waals surface area contributed by atoms with Gasteiger partial charge in [0.1, 0.15) is 5.78 Å². The molecule has 1 fully saturated rings. The van der Waals surface area contributed by atoms with Gasteiger partial charge in [-0.25, -0.2) is 0 Å². The summed E-state index contributed by atoms with van der Waals surface area (Å²) >= 11 is 0. The van der Waals surface area contributed by atoms with E-state index in [2.05, 4.69) is 11.1 Å². The first kappa shape index (κ1) is 10.0. The van der Waals surface area contributed by atoms with Gasteiger partial charge < -0.3 is 0 Å². The summed E-state index contributed by atoms with van der Waals surface area (Å²) in [5, 5.41) is 0. The Morgan fingerprint density at radius 2 is 2.06 bits per heavy atom. The first-order valence-electron chi connectivity index (χ1n) is 6.34. The second-order valence-electron chi connectivity index (χ2n) is 5.02. The second kappa shape index (κ2) is 4.00. The Morgan fingerprint density at radius 1 is 1.25 bits per heavy atom. The minimum Gasteiger partial charge on any atom is -0.299 e. The van der Waals surface area contributed by atoms with Crippen molar-refractivity contribution in [3.63, 3.8) is 0 Å². The van der Waals surface area contributed by atoms with Crippen LogP contribution in [0.1, 0.15) is 49.3 Å². The first-order chi connectivity index (χ1) is 7.86. The average molecular weight is 215 g/mol. The van der Waals surface area contributed by atoms with Crippen LogP contribution in [-0.4, -0.2) is 10.8 Å². The van der Waals surface area contributed by atoms with Crippen molar-refractivity contribution in [2.75, 3.05) is 0 Å². The number of aryl methyl sites for hydroxylation is 1. The summed E-state index contributed by atoms with van der Waals surface area (Å²) in [6.45, 7) is 0. The third-order valence-corrected chi connectivity index (χ3v) is 4.06. The molecule has 3 rings (SSSR count). The number of hydrogen-bond acceptors (Lipinski definition) is 2. The van der Waals surface area contributed by atoms with Crippen molar-refractivity contribution < 1.29 is 4.79 Å². The van der Waals surface area contributed by atoms with Crippen LogP contribution in [0.2, 0.25) is 0 Å². The Bertz CT molecular complexity index is 407. The Morgan fingerprint density at radius 3 is 2.88 bits per heavy atom. The molecule has 1 saturated carbocycles. The quantitative estimate of drug-likeness (QED) is 0.759. The standard InChI is InChI=1S/C14H17NO/c16-14(11-4-1-2-5-11)12-8-7-10-6-3-9-15-13(10)12/h3,6,9,11-12H,1-2,4-5,7-8H2. The predicted octanol–water partition coefficient (Wildman–Crippen LogP) is 2.87. The maximum Gasteiger partial charge on any atom is 0.145 e. The van der Waals surface area contributed by atoms with Crippen LogP contribution in [0.4, 0.5) is 0 Å². The van der Waals surface area contributed by atoms with E-state index in [0.717, 1.165) is 31.4 Å². The molecule has 2 aliphatic rings. The molecule has 84 valence electrons. The first-order valence-corrected chi connectivity index (χ1v) is 6.34. The number of carbonyl (C=O) groups excluding carboxylic acids is 1. The van der Waals surface area contributed by atoms with Gasteiger partial charge in [0, 0.05) is 12.1 Å². The molecule has 2 aliphatic carbocycles. The van der Waals surface area contributed by atoms with E-state index in [0.29, 0.717) is 11.7 Å². The van der Waals surface area contributed by atoms with Crippen LogP contribution in [0.5, 0.6) is 0 Å². The van der Waals surface area contributed by atoms with E-state index in [1.807, 2.05) is 12.3 Å². The number of hydrogen-bond donors (Lipinski definition) is 0. The third-order valence-electron chi connectivity index (χ3n) is 4.06. The Labute approximate surface area is 96.1 Å². The van der Waals surface area contributed by atoms with E-state index in [-0.39, 0.29) is 5.92 Å². The second-order valence-corrected chi connectivity index (χ2v) is 5.02. The van der Waals surface area contributed by atoms with Gasteiger partial charge in [-0.15, -0.1) is 0 Å². The zero-order valence-electron chi connectivity index (χ0n) is 9.48. The average Bonchev–Trinajstić information content (AvgIpc) is 2.98. The molecule has 0 aromatic carbocycles. The van der Waals surface area contributed by atoms with Gasteiger partial charge in [0.25, 0.3) is 0 Å². The number of nitrogens with zero attached hydrogens (tertiary/aromatic N) is 1.